The van der Waals surface area contributed by atoms with Crippen molar-refractivity contribution in [2.45, 2.75) is 13.5 Å². The molecule has 0 aliphatic carbocycles. The van der Waals surface area contributed by atoms with Gasteiger partial charge in [-0.2, -0.15) is 0 Å². The van der Waals surface area contributed by atoms with Crippen LogP contribution in [-0.4, -0.2) is 25.6 Å². The van der Waals surface area contributed by atoms with Crippen LogP contribution in [0.3, 0.4) is 0 Å². The summed E-state index contributed by atoms with van der Waals surface area (Å²) in [5.74, 6) is 6.08. The molecule has 7 nitrogen and oxygen atoms in total. The summed E-state index contributed by atoms with van der Waals surface area (Å²) in [6.07, 6.45) is 2.20. The van der Waals surface area contributed by atoms with Crippen molar-refractivity contribution in [1.82, 2.24) is 10.4 Å². The molecule has 1 heterocycles. The summed E-state index contributed by atoms with van der Waals surface area (Å²) < 4.78 is 11.5. The summed E-state index contributed by atoms with van der Waals surface area (Å²) in [6, 6.07) is 17.9. The maximum atomic E-state index is 8.94. The lowest BCUT2D eigenvalue weighted by molar-refractivity contribution is -0.109. The van der Waals surface area contributed by atoms with E-state index < -0.39 is 0 Å². The van der Waals surface area contributed by atoms with Crippen LogP contribution in [-0.2, 0) is 11.4 Å². The Kier molecular flexibility index (Phi) is 8.47. The molecule has 0 unspecified atom stereocenters. The van der Waals surface area contributed by atoms with Crippen LogP contribution in [0.15, 0.2) is 60.8 Å². The van der Waals surface area contributed by atoms with E-state index in [4.69, 9.17) is 14.3 Å². The standard InChI is InChI=1S/C21H22N2O2.CH4N2O/c1-15-13-16(18-7-4-5-12-23-18)10-11-20(15)25-14-17-19(22-2)8-6-9-21(17)24-3;2-3-1-4/h4-13,22H,14H2,1-3H3;1H,2H2,(H,3,4). The highest BCUT2D eigenvalue weighted by Crippen LogP contribution is 2.30. The Labute approximate surface area is 170 Å². The fraction of sp³-hybridized carbons (Fsp3) is 0.182. The van der Waals surface area contributed by atoms with Gasteiger partial charge >= 0.3 is 0 Å². The number of hydrogen-bond acceptors (Lipinski definition) is 6. The summed E-state index contributed by atoms with van der Waals surface area (Å²) in [7, 11) is 3.57. The predicted octanol–water partition coefficient (Wildman–Crippen LogP) is 3.29. The Bertz CT molecular complexity index is 895. The molecule has 1 amide bonds. The van der Waals surface area contributed by atoms with Crippen LogP contribution >= 0.6 is 0 Å². The van der Waals surface area contributed by atoms with Gasteiger partial charge in [-0.15, -0.1) is 0 Å². The molecule has 1 aromatic heterocycles. The zero-order valence-corrected chi connectivity index (χ0v) is 16.8. The number of nitrogens with two attached hydrogens (primary N) is 1. The molecule has 152 valence electrons. The summed E-state index contributed by atoms with van der Waals surface area (Å²) >= 11 is 0. The van der Waals surface area contributed by atoms with Gasteiger partial charge in [-0.3, -0.25) is 15.2 Å². The van der Waals surface area contributed by atoms with E-state index in [1.54, 1.807) is 18.7 Å². The molecule has 0 radical (unpaired) electrons. The average Bonchev–Trinajstić information content (AvgIpc) is 2.78. The number of anilines is 1. The molecule has 29 heavy (non-hydrogen) atoms. The number of carbonyl (C=O) groups excluding carboxylic acids is 1. The second-order valence-corrected chi connectivity index (χ2v) is 6.00. The first-order valence-corrected chi connectivity index (χ1v) is 9.02. The van der Waals surface area contributed by atoms with E-state index in [0.717, 1.165) is 39.6 Å². The Morgan fingerprint density at radius 2 is 1.90 bits per heavy atom. The van der Waals surface area contributed by atoms with E-state index in [-0.39, 0.29) is 0 Å². The van der Waals surface area contributed by atoms with E-state index in [1.807, 2.05) is 62.5 Å². The molecule has 3 aromatic rings. The number of ether oxygens (including phenoxy) is 2. The van der Waals surface area contributed by atoms with Crippen LogP contribution in [0.5, 0.6) is 11.5 Å². The van der Waals surface area contributed by atoms with Gasteiger partial charge in [-0.05, 0) is 55.0 Å². The van der Waals surface area contributed by atoms with Gasteiger partial charge in [-0.1, -0.05) is 12.1 Å². The largest absolute Gasteiger partial charge is 0.496 e. The maximum absolute atomic E-state index is 8.94. The zero-order chi connectivity index (χ0) is 21.1. The first kappa shape index (κ1) is 21.7. The van der Waals surface area contributed by atoms with Gasteiger partial charge in [0.2, 0.25) is 6.41 Å². The number of methoxy groups -OCH3 is 1. The predicted molar refractivity (Wildman–Crippen MR) is 115 cm³/mol. The van der Waals surface area contributed by atoms with Crippen LogP contribution in [0.4, 0.5) is 5.69 Å². The highest BCUT2D eigenvalue weighted by atomic mass is 16.5. The summed E-state index contributed by atoms with van der Waals surface area (Å²) in [6.45, 7) is 2.48. The number of aryl methyl sites for hydroxylation is 1. The van der Waals surface area contributed by atoms with Crippen molar-refractivity contribution in [3.63, 3.8) is 0 Å². The number of carbonyl (C=O) groups is 1. The highest BCUT2D eigenvalue weighted by molar-refractivity contribution is 5.62. The van der Waals surface area contributed by atoms with Gasteiger partial charge in [0.1, 0.15) is 18.1 Å². The lowest BCUT2D eigenvalue weighted by Crippen LogP contribution is -2.18. The van der Waals surface area contributed by atoms with Crippen LogP contribution in [0.1, 0.15) is 11.1 Å². The van der Waals surface area contributed by atoms with Gasteiger partial charge in [0.15, 0.2) is 0 Å². The smallest absolute Gasteiger partial charge is 0.221 e. The molecule has 7 heteroatoms. The molecular weight excluding hydrogens is 368 g/mol. The van der Waals surface area contributed by atoms with E-state index in [1.165, 1.54) is 0 Å². The van der Waals surface area contributed by atoms with Crippen molar-refractivity contribution >= 4 is 12.1 Å². The summed E-state index contributed by atoms with van der Waals surface area (Å²) in [4.78, 5) is 13.3. The lowest BCUT2D eigenvalue weighted by atomic mass is 10.1. The minimum atomic E-state index is 0.403. The normalized spacial score (nSPS) is 9.66. The molecule has 0 spiro atoms. The Morgan fingerprint density at radius 3 is 2.48 bits per heavy atom. The minimum absolute atomic E-state index is 0.403. The van der Waals surface area contributed by atoms with Crippen molar-refractivity contribution in [1.29, 1.82) is 0 Å². The Morgan fingerprint density at radius 1 is 1.10 bits per heavy atom. The summed E-state index contributed by atoms with van der Waals surface area (Å²) in [5.41, 5.74) is 6.87. The number of aromatic nitrogens is 1. The van der Waals surface area contributed by atoms with Gasteiger partial charge in [0.05, 0.1) is 18.4 Å². The minimum Gasteiger partial charge on any atom is -0.496 e. The number of pyridine rings is 1. The van der Waals surface area contributed by atoms with Crippen molar-refractivity contribution < 1.29 is 14.3 Å². The van der Waals surface area contributed by atoms with Crippen molar-refractivity contribution in [2.24, 2.45) is 5.84 Å². The molecule has 0 bridgehead atoms. The van der Waals surface area contributed by atoms with Crippen molar-refractivity contribution in [3.8, 4) is 22.8 Å². The van der Waals surface area contributed by atoms with Crippen LogP contribution in [0, 0.1) is 6.92 Å². The third-order valence-corrected chi connectivity index (χ3v) is 4.20. The second kappa shape index (κ2) is 11.3. The SMILES string of the molecule is CNc1cccc(OC)c1COc1ccc(-c2ccccn2)cc1C.NNC=O. The third-order valence-electron chi connectivity index (χ3n) is 4.20. The number of rotatable bonds is 7. The van der Waals surface area contributed by atoms with E-state index in [0.29, 0.717) is 13.0 Å². The highest BCUT2D eigenvalue weighted by Gasteiger charge is 2.10. The second-order valence-electron chi connectivity index (χ2n) is 6.00. The van der Waals surface area contributed by atoms with Crippen molar-refractivity contribution in [3.05, 3.63) is 71.9 Å². The first-order chi connectivity index (χ1) is 14.1. The average molecular weight is 394 g/mol. The van der Waals surface area contributed by atoms with Crippen LogP contribution in [0.25, 0.3) is 11.3 Å². The van der Waals surface area contributed by atoms with Crippen molar-refractivity contribution in [2.75, 3.05) is 19.5 Å². The molecule has 0 aliphatic rings. The molecule has 3 rings (SSSR count). The van der Waals surface area contributed by atoms with Gasteiger partial charge in [0, 0.05) is 24.5 Å². The lowest BCUT2D eigenvalue weighted by Gasteiger charge is -2.16. The number of nitrogens with zero attached hydrogens (tertiary/aromatic N) is 1. The van der Waals surface area contributed by atoms with Gasteiger partial charge in [-0.25, -0.2) is 5.84 Å². The number of hydrogen-bond donors (Lipinski definition) is 3. The molecule has 4 N–H and O–H groups in total. The monoisotopic (exact) mass is 394 g/mol. The molecule has 0 saturated heterocycles. The quantitative estimate of drug-likeness (QED) is 0.246. The maximum Gasteiger partial charge on any atom is 0.221 e. The fourth-order valence-electron chi connectivity index (χ4n) is 2.79. The molecule has 2 aromatic carbocycles. The molecular formula is C22H26N4O3. The van der Waals surface area contributed by atoms with Crippen LogP contribution in [0.2, 0.25) is 0 Å². The number of amides is 1. The van der Waals surface area contributed by atoms with Gasteiger partial charge < -0.3 is 14.8 Å². The summed E-state index contributed by atoms with van der Waals surface area (Å²) in [5, 5.41) is 3.18. The first-order valence-electron chi connectivity index (χ1n) is 9.02. The topological polar surface area (TPSA) is 98.5 Å². The fourth-order valence-corrected chi connectivity index (χ4v) is 2.79. The Hall–Kier alpha value is -3.58. The molecule has 0 saturated carbocycles. The third kappa shape index (κ3) is 5.95. The number of hydrazine groups is 1. The van der Waals surface area contributed by atoms with E-state index >= 15 is 0 Å². The number of benzene rings is 2. The molecule has 0 aliphatic heterocycles. The van der Waals surface area contributed by atoms with Crippen LogP contribution < -0.4 is 26.1 Å². The zero-order valence-electron chi connectivity index (χ0n) is 16.8. The molecule has 0 atom stereocenters. The van der Waals surface area contributed by atoms with E-state index in [9.17, 15) is 0 Å². The van der Waals surface area contributed by atoms with Gasteiger partial charge in [0.25, 0.3) is 0 Å². The Balaban J connectivity index is 0.000000687. The van der Waals surface area contributed by atoms with E-state index in [2.05, 4.69) is 22.2 Å². The molecule has 0 fully saturated rings. The number of nitrogens with one attached hydrogen (secondary N) is 2.